The molecule has 0 aromatic rings. The summed E-state index contributed by atoms with van der Waals surface area (Å²) >= 11 is 0. The molecule has 1 fully saturated rings. The number of urea groups is 1. The number of carboxylic acids is 1. The summed E-state index contributed by atoms with van der Waals surface area (Å²) in [5.41, 5.74) is 0. The van der Waals surface area contributed by atoms with E-state index in [9.17, 15) is 14.7 Å². The maximum absolute atomic E-state index is 12.2. The van der Waals surface area contributed by atoms with Gasteiger partial charge in [-0.1, -0.05) is 13.3 Å². The highest BCUT2D eigenvalue weighted by Gasteiger charge is 2.35. The molecule has 1 aliphatic rings. The molecule has 1 saturated heterocycles. The monoisotopic (exact) mass is 299 g/mol. The Bertz CT molecular complexity index is 360. The van der Waals surface area contributed by atoms with Crippen LogP contribution in [0.2, 0.25) is 0 Å². The van der Waals surface area contributed by atoms with Gasteiger partial charge in [0.25, 0.3) is 0 Å². The highest BCUT2D eigenvalue weighted by atomic mass is 16.4. The predicted octanol–water partition coefficient (Wildman–Crippen LogP) is 1.61. The lowest BCUT2D eigenvalue weighted by atomic mass is 9.89. The van der Waals surface area contributed by atoms with Gasteiger partial charge in [0.15, 0.2) is 0 Å². The molecule has 1 heterocycles. The molecule has 1 aliphatic heterocycles. The van der Waals surface area contributed by atoms with E-state index >= 15 is 0 Å². The van der Waals surface area contributed by atoms with Crippen LogP contribution in [0.25, 0.3) is 0 Å². The molecule has 6 nitrogen and oxygen atoms in total. The number of nitrogens with zero attached hydrogens (tertiary/aromatic N) is 2. The zero-order valence-corrected chi connectivity index (χ0v) is 13.6. The van der Waals surface area contributed by atoms with Crippen LogP contribution in [0.5, 0.6) is 0 Å². The lowest BCUT2D eigenvalue weighted by Crippen LogP contribution is -2.54. The second-order valence-electron chi connectivity index (χ2n) is 6.15. The Morgan fingerprint density at radius 2 is 2.10 bits per heavy atom. The lowest BCUT2D eigenvalue weighted by Gasteiger charge is -2.37. The molecule has 0 aromatic carbocycles. The molecule has 2 amide bonds. The fraction of sp³-hybridized carbons (Fsp3) is 0.867. The van der Waals surface area contributed by atoms with Crippen LogP contribution >= 0.6 is 0 Å². The summed E-state index contributed by atoms with van der Waals surface area (Å²) in [6.07, 6.45) is 2.42. The van der Waals surface area contributed by atoms with E-state index in [0.29, 0.717) is 31.5 Å². The molecule has 2 atom stereocenters. The molecule has 0 aromatic heterocycles. The second kappa shape index (κ2) is 8.22. The van der Waals surface area contributed by atoms with Gasteiger partial charge < -0.3 is 20.2 Å². The van der Waals surface area contributed by atoms with E-state index in [1.54, 1.807) is 0 Å². The maximum Gasteiger partial charge on any atom is 0.326 e. The third-order valence-electron chi connectivity index (χ3n) is 4.46. The summed E-state index contributed by atoms with van der Waals surface area (Å²) in [7, 11) is 2.00. The smallest absolute Gasteiger partial charge is 0.326 e. The molecule has 2 N–H and O–H groups in total. The van der Waals surface area contributed by atoms with Crippen LogP contribution < -0.4 is 5.32 Å². The second-order valence-corrected chi connectivity index (χ2v) is 6.15. The van der Waals surface area contributed by atoms with Crippen LogP contribution in [0.1, 0.15) is 40.0 Å². The van der Waals surface area contributed by atoms with E-state index in [0.717, 1.165) is 19.4 Å². The van der Waals surface area contributed by atoms with Crippen molar-refractivity contribution in [1.82, 2.24) is 15.1 Å². The molecule has 0 bridgehead atoms. The van der Waals surface area contributed by atoms with Crippen molar-refractivity contribution in [2.75, 3.05) is 26.7 Å². The van der Waals surface area contributed by atoms with Crippen molar-refractivity contribution >= 4 is 12.0 Å². The quantitative estimate of drug-likeness (QED) is 0.781. The van der Waals surface area contributed by atoms with Crippen LogP contribution in [0.15, 0.2) is 0 Å². The van der Waals surface area contributed by atoms with Gasteiger partial charge in [0.05, 0.1) is 0 Å². The number of amides is 2. The van der Waals surface area contributed by atoms with Crippen molar-refractivity contribution in [3.05, 3.63) is 0 Å². The van der Waals surface area contributed by atoms with Crippen molar-refractivity contribution in [3.8, 4) is 0 Å². The van der Waals surface area contributed by atoms with Gasteiger partial charge in [0.2, 0.25) is 0 Å². The van der Waals surface area contributed by atoms with Gasteiger partial charge in [-0.05, 0) is 39.7 Å². The number of hydrogen-bond acceptors (Lipinski definition) is 3. The van der Waals surface area contributed by atoms with E-state index in [2.05, 4.69) is 31.0 Å². The Labute approximate surface area is 127 Å². The van der Waals surface area contributed by atoms with Crippen LogP contribution in [-0.2, 0) is 4.79 Å². The number of carbonyl (C=O) groups is 2. The number of nitrogens with one attached hydrogen (secondary N) is 1. The number of rotatable bonds is 6. The van der Waals surface area contributed by atoms with Gasteiger partial charge in [-0.25, -0.2) is 9.59 Å². The summed E-state index contributed by atoms with van der Waals surface area (Å²) < 4.78 is 0. The number of aliphatic carboxylic acids is 1. The number of hydrogen-bond donors (Lipinski definition) is 2. The first kappa shape index (κ1) is 17.8. The van der Waals surface area contributed by atoms with Gasteiger partial charge in [0.1, 0.15) is 6.04 Å². The molecule has 0 saturated carbocycles. The Kier molecular flexibility index (Phi) is 6.95. The Morgan fingerprint density at radius 1 is 1.43 bits per heavy atom. The Hall–Kier alpha value is -1.30. The molecule has 21 heavy (non-hydrogen) atoms. The van der Waals surface area contributed by atoms with Crippen LogP contribution in [0.3, 0.4) is 0 Å². The fourth-order valence-electron chi connectivity index (χ4n) is 2.59. The number of piperidine rings is 1. The molecular formula is C15H29N3O3. The number of likely N-dealkylation sites (N-methyl/N-ethyl adjacent to an activating group) is 1. The minimum Gasteiger partial charge on any atom is -0.480 e. The molecule has 0 aliphatic carbocycles. The number of carboxylic acid groups (broad SMARTS) is 1. The average molecular weight is 299 g/mol. The minimum absolute atomic E-state index is 0.255. The van der Waals surface area contributed by atoms with Gasteiger partial charge in [0, 0.05) is 25.7 Å². The van der Waals surface area contributed by atoms with Crippen LogP contribution in [-0.4, -0.2) is 65.7 Å². The van der Waals surface area contributed by atoms with Crippen molar-refractivity contribution in [2.45, 2.75) is 52.1 Å². The zero-order chi connectivity index (χ0) is 16.0. The molecule has 0 radical (unpaired) electrons. The zero-order valence-electron chi connectivity index (χ0n) is 13.6. The van der Waals surface area contributed by atoms with Gasteiger partial charge in [-0.15, -0.1) is 0 Å². The van der Waals surface area contributed by atoms with E-state index in [1.807, 2.05) is 7.05 Å². The first-order valence-corrected chi connectivity index (χ1v) is 7.84. The largest absolute Gasteiger partial charge is 0.480 e. The minimum atomic E-state index is -0.900. The van der Waals surface area contributed by atoms with E-state index in [1.165, 1.54) is 4.90 Å². The molecule has 122 valence electrons. The summed E-state index contributed by atoms with van der Waals surface area (Å²) in [5, 5.41) is 12.2. The summed E-state index contributed by atoms with van der Waals surface area (Å²) in [6.45, 7) is 8.08. The van der Waals surface area contributed by atoms with E-state index in [-0.39, 0.29) is 6.03 Å². The first-order valence-electron chi connectivity index (χ1n) is 7.84. The molecule has 1 rings (SSSR count). The summed E-state index contributed by atoms with van der Waals surface area (Å²) in [6, 6.07) is -0.519. The molecule has 2 unspecified atom stereocenters. The Morgan fingerprint density at radius 3 is 2.62 bits per heavy atom. The van der Waals surface area contributed by atoms with Crippen molar-refractivity contribution in [1.29, 1.82) is 0 Å². The standard InChI is InChI=1S/C15H29N3O3/c1-5-12-6-8-18(13(10-12)14(19)20)15(21)16-7-9-17(4)11(2)3/h11-13H,5-10H2,1-4H3,(H,16,21)(H,19,20). The van der Waals surface area contributed by atoms with Crippen molar-refractivity contribution in [2.24, 2.45) is 5.92 Å². The highest BCUT2D eigenvalue weighted by Crippen LogP contribution is 2.25. The third kappa shape index (κ3) is 5.19. The number of carbonyl (C=O) groups excluding carboxylic acids is 1. The topological polar surface area (TPSA) is 72.9 Å². The van der Waals surface area contributed by atoms with Gasteiger partial charge in [-0.2, -0.15) is 0 Å². The highest BCUT2D eigenvalue weighted by molar-refractivity contribution is 5.82. The molecular weight excluding hydrogens is 270 g/mol. The van der Waals surface area contributed by atoms with E-state index in [4.69, 9.17) is 0 Å². The summed E-state index contributed by atoms with van der Waals surface area (Å²) in [5.74, 6) is -0.496. The third-order valence-corrected chi connectivity index (χ3v) is 4.46. The lowest BCUT2D eigenvalue weighted by molar-refractivity contribution is -0.144. The van der Waals surface area contributed by atoms with Crippen molar-refractivity contribution in [3.63, 3.8) is 0 Å². The average Bonchev–Trinajstić information content (AvgIpc) is 2.45. The summed E-state index contributed by atoms with van der Waals surface area (Å²) in [4.78, 5) is 27.2. The van der Waals surface area contributed by atoms with Gasteiger partial charge >= 0.3 is 12.0 Å². The first-order chi connectivity index (χ1) is 9.86. The normalized spacial score (nSPS) is 22.7. The van der Waals surface area contributed by atoms with E-state index < -0.39 is 12.0 Å². The number of likely N-dealkylation sites (tertiary alicyclic amines) is 1. The molecule has 0 spiro atoms. The van der Waals surface area contributed by atoms with Crippen molar-refractivity contribution < 1.29 is 14.7 Å². The maximum atomic E-state index is 12.2. The fourth-order valence-corrected chi connectivity index (χ4v) is 2.59. The molecule has 6 heteroatoms. The van der Waals surface area contributed by atoms with Crippen LogP contribution in [0, 0.1) is 5.92 Å². The van der Waals surface area contributed by atoms with Crippen LogP contribution in [0.4, 0.5) is 4.79 Å². The Balaban J connectivity index is 2.49. The predicted molar refractivity (Wildman–Crippen MR) is 82.3 cm³/mol. The van der Waals surface area contributed by atoms with Gasteiger partial charge in [-0.3, -0.25) is 0 Å². The SMILES string of the molecule is CCC1CCN(C(=O)NCCN(C)C(C)C)C(C(=O)O)C1.